The highest BCUT2D eigenvalue weighted by molar-refractivity contribution is 7.99. The van der Waals surface area contributed by atoms with Crippen LogP contribution in [0.4, 0.5) is 5.69 Å². The first-order valence-electron chi connectivity index (χ1n) is 9.71. The van der Waals surface area contributed by atoms with Crippen molar-refractivity contribution in [3.05, 3.63) is 17.2 Å². The quantitative estimate of drug-likeness (QED) is 0.611. The van der Waals surface area contributed by atoms with E-state index in [0.717, 1.165) is 91.4 Å². The number of ether oxygens (including phenoxy) is 1. The summed E-state index contributed by atoms with van der Waals surface area (Å²) in [5.74, 6) is 1.79. The monoisotopic (exact) mass is 482 g/mol. The summed E-state index contributed by atoms with van der Waals surface area (Å²) in [6.07, 6.45) is 2.29. The fourth-order valence-corrected chi connectivity index (χ4v) is 5.13. The Labute approximate surface area is 193 Å². The van der Waals surface area contributed by atoms with Crippen LogP contribution in [0.3, 0.4) is 0 Å². The molecule has 0 spiro atoms. The van der Waals surface area contributed by atoms with Gasteiger partial charge in [-0.05, 0) is 30.9 Å². The lowest BCUT2D eigenvalue weighted by atomic mass is 10.0. The molecule has 0 bridgehead atoms. The molecule has 2 fully saturated rings. The van der Waals surface area contributed by atoms with Gasteiger partial charge in [0.15, 0.2) is 5.16 Å². The minimum atomic E-state index is 0. The summed E-state index contributed by atoms with van der Waals surface area (Å²) >= 11 is 8.37. The Morgan fingerprint density at radius 1 is 1.17 bits per heavy atom. The van der Waals surface area contributed by atoms with Crippen molar-refractivity contribution in [2.24, 2.45) is 5.92 Å². The Kier molecular flexibility index (Phi) is 10.1. The summed E-state index contributed by atoms with van der Waals surface area (Å²) < 4.78 is 5.44. The Morgan fingerprint density at radius 2 is 1.90 bits per heavy atom. The normalized spacial score (nSPS) is 18.5. The second-order valence-electron chi connectivity index (χ2n) is 7.28. The lowest BCUT2D eigenvalue weighted by Crippen LogP contribution is -2.47. The minimum Gasteiger partial charge on any atom is -0.395 e. The molecule has 0 radical (unpaired) electrons. The number of rotatable bonds is 6. The van der Waals surface area contributed by atoms with Crippen LogP contribution in [0.5, 0.6) is 0 Å². The van der Waals surface area contributed by atoms with Crippen LogP contribution in [0.15, 0.2) is 17.3 Å². The van der Waals surface area contributed by atoms with Gasteiger partial charge in [0.05, 0.1) is 28.4 Å². The number of thioether (sulfide) groups is 1. The zero-order valence-electron chi connectivity index (χ0n) is 16.3. The molecular formula is C19H29Cl3N4O2S. The summed E-state index contributed by atoms with van der Waals surface area (Å²) in [4.78, 5) is 12.8. The number of nitrogens with one attached hydrogen (secondary N) is 1. The maximum atomic E-state index is 9.10. The number of anilines is 1. The van der Waals surface area contributed by atoms with E-state index in [0.29, 0.717) is 5.92 Å². The Morgan fingerprint density at radius 3 is 2.59 bits per heavy atom. The SMILES string of the molecule is Cl.Cl.OCCN1CCN(c2cc3nc(SCC4CCOCC4)[nH]c3cc2Cl)CC1. The smallest absolute Gasteiger partial charge is 0.166 e. The van der Waals surface area contributed by atoms with Crippen molar-refractivity contribution in [1.29, 1.82) is 0 Å². The molecule has 10 heteroatoms. The molecule has 29 heavy (non-hydrogen) atoms. The first kappa shape index (κ1) is 24.9. The van der Waals surface area contributed by atoms with Gasteiger partial charge in [0, 0.05) is 51.7 Å². The fourth-order valence-electron chi connectivity index (χ4n) is 3.77. The zero-order chi connectivity index (χ0) is 18.6. The first-order valence-corrected chi connectivity index (χ1v) is 11.1. The number of β-amino-alcohol motifs (C(OH)–C–C–N with tert-alkyl or cyclic N) is 1. The third-order valence-corrected chi connectivity index (χ3v) is 6.86. The summed E-state index contributed by atoms with van der Waals surface area (Å²) in [6.45, 7) is 6.46. The highest BCUT2D eigenvalue weighted by Crippen LogP contribution is 2.33. The molecule has 3 heterocycles. The van der Waals surface area contributed by atoms with E-state index >= 15 is 0 Å². The van der Waals surface area contributed by atoms with Crippen molar-refractivity contribution in [3.8, 4) is 0 Å². The largest absolute Gasteiger partial charge is 0.395 e. The van der Waals surface area contributed by atoms with Crippen LogP contribution in [0, 0.1) is 5.92 Å². The average molecular weight is 484 g/mol. The molecule has 0 atom stereocenters. The lowest BCUT2D eigenvalue weighted by Gasteiger charge is -2.36. The molecule has 1 aromatic carbocycles. The number of aromatic nitrogens is 2. The molecule has 164 valence electrons. The van der Waals surface area contributed by atoms with E-state index in [-0.39, 0.29) is 31.4 Å². The third kappa shape index (κ3) is 6.29. The highest BCUT2D eigenvalue weighted by Gasteiger charge is 2.20. The molecule has 2 aliphatic rings. The lowest BCUT2D eigenvalue weighted by molar-refractivity contribution is 0.0728. The predicted molar refractivity (Wildman–Crippen MR) is 126 cm³/mol. The van der Waals surface area contributed by atoms with Gasteiger partial charge >= 0.3 is 0 Å². The van der Waals surface area contributed by atoms with Crippen LogP contribution in [0.25, 0.3) is 11.0 Å². The molecule has 2 N–H and O–H groups in total. The van der Waals surface area contributed by atoms with Crippen LogP contribution >= 0.6 is 48.2 Å². The number of fused-ring (bicyclic) bond motifs is 1. The van der Waals surface area contributed by atoms with E-state index in [1.807, 2.05) is 6.07 Å². The number of imidazole rings is 1. The highest BCUT2D eigenvalue weighted by atomic mass is 35.5. The maximum Gasteiger partial charge on any atom is 0.166 e. The van der Waals surface area contributed by atoms with Crippen molar-refractivity contribution in [3.63, 3.8) is 0 Å². The number of aliphatic hydroxyl groups is 1. The molecule has 1 aromatic heterocycles. The van der Waals surface area contributed by atoms with Gasteiger partial charge in [-0.3, -0.25) is 4.90 Å². The molecule has 2 aromatic rings. The molecular weight excluding hydrogens is 455 g/mol. The number of aromatic amines is 1. The second kappa shape index (κ2) is 11.8. The average Bonchev–Trinajstić information content (AvgIpc) is 3.09. The Balaban J connectivity index is 0.00000150. The summed E-state index contributed by atoms with van der Waals surface area (Å²) in [7, 11) is 0. The number of benzene rings is 1. The first-order chi connectivity index (χ1) is 13.2. The molecule has 2 aliphatic heterocycles. The zero-order valence-corrected chi connectivity index (χ0v) is 19.5. The molecule has 0 unspecified atom stereocenters. The van der Waals surface area contributed by atoms with Crippen molar-refractivity contribution < 1.29 is 9.84 Å². The molecule has 6 nitrogen and oxygen atoms in total. The van der Waals surface area contributed by atoms with Crippen LogP contribution in [-0.2, 0) is 4.74 Å². The van der Waals surface area contributed by atoms with Gasteiger partial charge in [-0.25, -0.2) is 4.98 Å². The summed E-state index contributed by atoms with van der Waals surface area (Å²) in [5.41, 5.74) is 3.03. The standard InChI is InChI=1S/C19H27ClN4O2S.2ClH/c20-15-11-16-17(12-18(15)24-5-3-23(4-6-24)7-8-25)22-19(21-16)27-13-14-1-9-26-10-2-14;;/h11-12,14,25H,1-10,13H2,(H,21,22);2*1H. The number of piperazine rings is 1. The van der Waals surface area contributed by atoms with E-state index in [2.05, 4.69) is 20.9 Å². The topological polar surface area (TPSA) is 64.6 Å². The number of hydrogen-bond acceptors (Lipinski definition) is 6. The second-order valence-corrected chi connectivity index (χ2v) is 8.70. The number of halogens is 3. The minimum absolute atomic E-state index is 0. The van der Waals surface area contributed by atoms with Crippen molar-refractivity contribution in [2.75, 3.05) is 63.2 Å². The van der Waals surface area contributed by atoms with Crippen LogP contribution < -0.4 is 4.90 Å². The van der Waals surface area contributed by atoms with Crippen molar-refractivity contribution >= 4 is 64.9 Å². The van der Waals surface area contributed by atoms with Crippen LogP contribution in [0.1, 0.15) is 12.8 Å². The van der Waals surface area contributed by atoms with Crippen LogP contribution in [0.2, 0.25) is 5.02 Å². The van der Waals surface area contributed by atoms with Crippen molar-refractivity contribution in [1.82, 2.24) is 14.9 Å². The van der Waals surface area contributed by atoms with Gasteiger partial charge in [0.1, 0.15) is 0 Å². The van der Waals surface area contributed by atoms with Gasteiger partial charge in [0.2, 0.25) is 0 Å². The third-order valence-electron chi connectivity index (χ3n) is 5.45. The molecule has 0 amide bonds. The maximum absolute atomic E-state index is 9.10. The van der Waals surface area contributed by atoms with Crippen LogP contribution in [-0.4, -0.2) is 78.3 Å². The van der Waals surface area contributed by atoms with E-state index < -0.39 is 0 Å². The Bertz CT molecular complexity index is 765. The Hall–Kier alpha value is -0.410. The van der Waals surface area contributed by atoms with E-state index in [1.54, 1.807) is 11.8 Å². The van der Waals surface area contributed by atoms with Gasteiger partial charge in [-0.15, -0.1) is 24.8 Å². The predicted octanol–water partition coefficient (Wildman–Crippen LogP) is 3.69. The molecule has 4 rings (SSSR count). The van der Waals surface area contributed by atoms with Gasteiger partial charge in [-0.1, -0.05) is 23.4 Å². The number of H-pyrrole nitrogens is 1. The number of hydrogen-bond donors (Lipinski definition) is 2. The molecule has 0 aliphatic carbocycles. The van der Waals surface area contributed by atoms with Gasteiger partial charge in [-0.2, -0.15) is 0 Å². The van der Waals surface area contributed by atoms with Gasteiger partial charge < -0.3 is 19.7 Å². The summed E-state index contributed by atoms with van der Waals surface area (Å²) in [6, 6.07) is 4.10. The summed E-state index contributed by atoms with van der Waals surface area (Å²) in [5, 5.41) is 10.8. The van der Waals surface area contributed by atoms with E-state index in [9.17, 15) is 0 Å². The number of nitrogens with zero attached hydrogens (tertiary/aromatic N) is 3. The molecule has 2 saturated heterocycles. The van der Waals surface area contributed by atoms with Gasteiger partial charge in [0.25, 0.3) is 0 Å². The number of aliphatic hydroxyl groups excluding tert-OH is 1. The molecule has 0 saturated carbocycles. The van der Waals surface area contributed by atoms with E-state index in [4.69, 9.17) is 26.4 Å². The van der Waals surface area contributed by atoms with Crippen molar-refractivity contribution in [2.45, 2.75) is 18.0 Å². The van der Waals surface area contributed by atoms with E-state index in [1.165, 1.54) is 0 Å². The fraction of sp³-hybridized carbons (Fsp3) is 0.632.